The van der Waals surface area contributed by atoms with Crippen molar-refractivity contribution in [1.29, 1.82) is 0 Å². The van der Waals surface area contributed by atoms with Crippen molar-refractivity contribution >= 4 is 0 Å². The maximum atomic E-state index is 3.53. The number of rotatable bonds is 2. The summed E-state index contributed by atoms with van der Waals surface area (Å²) in [6.07, 6.45) is 1.26. The van der Waals surface area contributed by atoms with E-state index < -0.39 is 0 Å². The third-order valence-corrected chi connectivity index (χ3v) is 3.45. The summed E-state index contributed by atoms with van der Waals surface area (Å²) in [4.78, 5) is 2.57. The monoisotopic (exact) mass is 218 g/mol. The van der Waals surface area contributed by atoms with Gasteiger partial charge in [0, 0.05) is 12.6 Å². The van der Waals surface area contributed by atoms with Crippen molar-refractivity contribution in [1.82, 2.24) is 10.2 Å². The molecule has 1 unspecified atom stereocenters. The lowest BCUT2D eigenvalue weighted by molar-refractivity contribution is 0.222. The molecule has 1 fully saturated rings. The van der Waals surface area contributed by atoms with Gasteiger partial charge in [-0.25, -0.2) is 0 Å². The maximum Gasteiger partial charge on any atom is 0.0472 e. The number of hydrogen-bond acceptors (Lipinski definition) is 2. The van der Waals surface area contributed by atoms with Crippen molar-refractivity contribution in [3.8, 4) is 0 Å². The molecule has 0 bridgehead atoms. The van der Waals surface area contributed by atoms with E-state index in [1.54, 1.807) is 0 Å². The van der Waals surface area contributed by atoms with E-state index in [0.717, 1.165) is 19.6 Å². The molecule has 1 aromatic carbocycles. The average Bonchev–Trinajstić information content (AvgIpc) is 2.55. The van der Waals surface area contributed by atoms with Crippen LogP contribution >= 0.6 is 0 Å². The summed E-state index contributed by atoms with van der Waals surface area (Å²) >= 11 is 0. The predicted molar refractivity (Wildman–Crippen MR) is 68.7 cm³/mol. The van der Waals surface area contributed by atoms with Crippen molar-refractivity contribution in [2.45, 2.75) is 26.3 Å². The Labute approximate surface area is 98.7 Å². The Morgan fingerprint density at radius 2 is 2.06 bits per heavy atom. The summed E-state index contributed by atoms with van der Waals surface area (Å²) < 4.78 is 0. The van der Waals surface area contributed by atoms with Gasteiger partial charge in [-0.1, -0.05) is 36.8 Å². The van der Waals surface area contributed by atoms with Gasteiger partial charge in [-0.05, 0) is 38.5 Å². The normalized spacial score (nSPS) is 23.0. The van der Waals surface area contributed by atoms with E-state index in [2.05, 4.69) is 48.3 Å². The lowest BCUT2D eigenvalue weighted by Crippen LogP contribution is -2.32. The zero-order valence-corrected chi connectivity index (χ0v) is 10.4. The maximum absolute atomic E-state index is 3.53. The van der Waals surface area contributed by atoms with Crippen molar-refractivity contribution in [2.75, 3.05) is 26.2 Å². The fraction of sp³-hybridized carbons (Fsp3) is 0.571. The van der Waals surface area contributed by atoms with Crippen LogP contribution in [0.3, 0.4) is 0 Å². The van der Waals surface area contributed by atoms with Gasteiger partial charge in [0.1, 0.15) is 0 Å². The molecule has 0 saturated carbocycles. The molecule has 0 aromatic heterocycles. The molecule has 88 valence electrons. The summed E-state index contributed by atoms with van der Waals surface area (Å²) in [7, 11) is 0. The van der Waals surface area contributed by atoms with E-state index in [9.17, 15) is 0 Å². The van der Waals surface area contributed by atoms with Gasteiger partial charge in [0.25, 0.3) is 0 Å². The number of nitrogens with one attached hydrogen (secondary N) is 1. The molecule has 0 spiro atoms. The van der Waals surface area contributed by atoms with Gasteiger partial charge in [-0.15, -0.1) is 0 Å². The molecular weight excluding hydrogens is 196 g/mol. The van der Waals surface area contributed by atoms with Crippen LogP contribution in [0.1, 0.15) is 30.5 Å². The van der Waals surface area contributed by atoms with Crippen LogP contribution in [0, 0.1) is 6.92 Å². The second-order valence-electron chi connectivity index (χ2n) is 4.61. The number of benzene rings is 1. The zero-order valence-electron chi connectivity index (χ0n) is 10.4. The molecule has 1 aliphatic rings. The molecule has 1 saturated heterocycles. The van der Waals surface area contributed by atoms with Gasteiger partial charge in [0.15, 0.2) is 0 Å². The van der Waals surface area contributed by atoms with Crippen LogP contribution in [0.4, 0.5) is 0 Å². The van der Waals surface area contributed by atoms with Crippen molar-refractivity contribution in [3.63, 3.8) is 0 Å². The molecule has 0 radical (unpaired) electrons. The number of aryl methyl sites for hydroxylation is 1. The molecule has 1 aromatic rings. The third kappa shape index (κ3) is 2.63. The minimum Gasteiger partial charge on any atom is -0.315 e. The first kappa shape index (κ1) is 11.6. The molecule has 2 nitrogen and oxygen atoms in total. The molecule has 2 heteroatoms. The van der Waals surface area contributed by atoms with Crippen molar-refractivity contribution < 1.29 is 0 Å². The molecule has 1 N–H and O–H groups in total. The van der Waals surface area contributed by atoms with Crippen LogP contribution in [0.25, 0.3) is 0 Å². The van der Waals surface area contributed by atoms with E-state index in [4.69, 9.17) is 0 Å². The zero-order chi connectivity index (χ0) is 11.4. The molecule has 1 aliphatic heterocycles. The van der Waals surface area contributed by atoms with Crippen LogP contribution < -0.4 is 5.32 Å². The first-order valence-corrected chi connectivity index (χ1v) is 6.32. The van der Waals surface area contributed by atoms with Crippen molar-refractivity contribution in [2.24, 2.45) is 0 Å². The molecule has 1 heterocycles. The Balaban J connectivity index is 2.18. The van der Waals surface area contributed by atoms with Crippen LogP contribution in [-0.2, 0) is 0 Å². The smallest absolute Gasteiger partial charge is 0.0472 e. The van der Waals surface area contributed by atoms with Gasteiger partial charge in [-0.3, -0.25) is 4.90 Å². The van der Waals surface area contributed by atoms with Crippen molar-refractivity contribution in [3.05, 3.63) is 35.4 Å². The van der Waals surface area contributed by atoms with Gasteiger partial charge in [-0.2, -0.15) is 0 Å². The topological polar surface area (TPSA) is 15.3 Å². The molecule has 0 amide bonds. The SMILES string of the molecule is CCN1CCCNCC1c1ccc(C)cc1. The van der Waals surface area contributed by atoms with E-state index in [-0.39, 0.29) is 0 Å². The van der Waals surface area contributed by atoms with E-state index in [1.165, 1.54) is 24.1 Å². The van der Waals surface area contributed by atoms with Crippen LogP contribution in [0.15, 0.2) is 24.3 Å². The van der Waals surface area contributed by atoms with Gasteiger partial charge < -0.3 is 5.32 Å². The fourth-order valence-corrected chi connectivity index (χ4v) is 2.43. The molecule has 2 rings (SSSR count). The third-order valence-electron chi connectivity index (χ3n) is 3.45. The highest BCUT2D eigenvalue weighted by Gasteiger charge is 2.20. The first-order chi connectivity index (χ1) is 7.81. The Morgan fingerprint density at radius 3 is 2.75 bits per heavy atom. The highest BCUT2D eigenvalue weighted by Crippen LogP contribution is 2.22. The Hall–Kier alpha value is -0.860. The largest absolute Gasteiger partial charge is 0.315 e. The highest BCUT2D eigenvalue weighted by molar-refractivity contribution is 5.24. The standard InChI is InChI=1S/C14H22N2/c1-3-16-10-4-9-15-11-14(16)13-7-5-12(2)6-8-13/h5-8,14-15H,3-4,9-11H2,1-2H3. The summed E-state index contributed by atoms with van der Waals surface area (Å²) in [5, 5.41) is 3.53. The second kappa shape index (κ2) is 5.46. The number of likely N-dealkylation sites (N-methyl/N-ethyl adjacent to an activating group) is 1. The molecular formula is C14H22N2. The molecule has 16 heavy (non-hydrogen) atoms. The summed E-state index contributed by atoms with van der Waals surface area (Å²) in [6, 6.07) is 9.53. The number of hydrogen-bond donors (Lipinski definition) is 1. The summed E-state index contributed by atoms with van der Waals surface area (Å²) in [6.45, 7) is 8.98. The Morgan fingerprint density at radius 1 is 1.31 bits per heavy atom. The molecule has 1 atom stereocenters. The highest BCUT2D eigenvalue weighted by atomic mass is 15.2. The fourth-order valence-electron chi connectivity index (χ4n) is 2.43. The molecule has 0 aliphatic carbocycles. The Bertz CT molecular complexity index is 318. The predicted octanol–water partition coefficient (Wildman–Crippen LogP) is 2.35. The van der Waals surface area contributed by atoms with Gasteiger partial charge >= 0.3 is 0 Å². The van der Waals surface area contributed by atoms with Gasteiger partial charge in [0.05, 0.1) is 0 Å². The van der Waals surface area contributed by atoms with Crippen LogP contribution in [0.2, 0.25) is 0 Å². The van der Waals surface area contributed by atoms with Gasteiger partial charge in [0.2, 0.25) is 0 Å². The van der Waals surface area contributed by atoms with E-state index in [1.807, 2.05) is 0 Å². The minimum absolute atomic E-state index is 0.549. The van der Waals surface area contributed by atoms with E-state index in [0.29, 0.717) is 6.04 Å². The summed E-state index contributed by atoms with van der Waals surface area (Å²) in [5.74, 6) is 0. The first-order valence-electron chi connectivity index (χ1n) is 6.32. The second-order valence-corrected chi connectivity index (χ2v) is 4.61. The number of nitrogens with zero attached hydrogens (tertiary/aromatic N) is 1. The lowest BCUT2D eigenvalue weighted by Gasteiger charge is -2.28. The van der Waals surface area contributed by atoms with E-state index >= 15 is 0 Å². The minimum atomic E-state index is 0.549. The Kier molecular flexibility index (Phi) is 3.97. The summed E-state index contributed by atoms with van der Waals surface area (Å²) in [5.41, 5.74) is 2.79. The lowest BCUT2D eigenvalue weighted by atomic mass is 10.0. The average molecular weight is 218 g/mol. The van der Waals surface area contributed by atoms with Crippen LogP contribution in [0.5, 0.6) is 0 Å². The quantitative estimate of drug-likeness (QED) is 0.819. The van der Waals surface area contributed by atoms with Crippen LogP contribution in [-0.4, -0.2) is 31.1 Å².